The van der Waals surface area contributed by atoms with Gasteiger partial charge in [0.05, 0.1) is 18.8 Å². The number of hydrogen-bond donors (Lipinski definition) is 4. The van der Waals surface area contributed by atoms with E-state index in [1.165, 1.54) is 0 Å². The molecule has 0 bridgehead atoms. The Morgan fingerprint density at radius 3 is 2.76 bits per heavy atom. The minimum atomic E-state index is -0.379. The van der Waals surface area contributed by atoms with E-state index in [-0.39, 0.29) is 23.8 Å². The van der Waals surface area contributed by atoms with Crippen LogP contribution in [-0.4, -0.2) is 46.6 Å². The smallest absolute Gasteiger partial charge is 0.251 e. The molecule has 2 aromatic carbocycles. The molecule has 2 unspecified atom stereocenters. The van der Waals surface area contributed by atoms with Crippen molar-refractivity contribution in [1.29, 1.82) is 0 Å². The summed E-state index contributed by atoms with van der Waals surface area (Å²) in [6.07, 6.45) is 5.65. The first-order valence-electron chi connectivity index (χ1n) is 11.3. The Balaban J connectivity index is 1.52. The number of hydrogen-bond acceptors (Lipinski definition) is 4. The van der Waals surface area contributed by atoms with Crippen LogP contribution < -0.4 is 16.8 Å². The molecule has 8 heteroatoms. The van der Waals surface area contributed by atoms with Crippen LogP contribution in [0.5, 0.6) is 0 Å². The van der Waals surface area contributed by atoms with Gasteiger partial charge in [-0.3, -0.25) is 9.69 Å². The number of amides is 1. The number of aliphatic imine (C=N–C) groups is 2. The first kappa shape index (κ1) is 21.5. The molecule has 0 aliphatic carbocycles. The molecule has 3 aromatic rings. The fourth-order valence-electron chi connectivity index (χ4n) is 4.50. The average Bonchev–Trinajstić information content (AvgIpc) is 3.43. The number of fused-ring (bicyclic) bond motifs is 2. The summed E-state index contributed by atoms with van der Waals surface area (Å²) in [7, 11) is 0. The lowest BCUT2D eigenvalue weighted by atomic mass is 9.93. The van der Waals surface area contributed by atoms with Crippen molar-refractivity contribution in [2.24, 2.45) is 21.5 Å². The maximum atomic E-state index is 13.6. The van der Waals surface area contributed by atoms with Crippen molar-refractivity contribution in [2.45, 2.75) is 18.9 Å². The molecular formula is C26H27N7O. The number of aromatic nitrogens is 1. The Labute approximate surface area is 197 Å². The van der Waals surface area contributed by atoms with Gasteiger partial charge in [-0.1, -0.05) is 61.5 Å². The number of benzene rings is 2. The molecule has 6 N–H and O–H groups in total. The van der Waals surface area contributed by atoms with Crippen LogP contribution in [0.1, 0.15) is 24.0 Å². The van der Waals surface area contributed by atoms with Crippen molar-refractivity contribution in [1.82, 2.24) is 15.2 Å². The van der Waals surface area contributed by atoms with Gasteiger partial charge in [0.25, 0.3) is 5.91 Å². The average molecular weight is 454 g/mol. The van der Waals surface area contributed by atoms with E-state index < -0.39 is 0 Å². The minimum absolute atomic E-state index is 0.00444. The lowest BCUT2D eigenvalue weighted by Gasteiger charge is -2.24. The summed E-state index contributed by atoms with van der Waals surface area (Å²) < 4.78 is 0. The molecule has 8 nitrogen and oxygen atoms in total. The third-order valence-corrected chi connectivity index (χ3v) is 6.28. The van der Waals surface area contributed by atoms with Gasteiger partial charge in [0, 0.05) is 28.6 Å². The highest BCUT2D eigenvalue weighted by Gasteiger charge is 2.42. The highest BCUT2D eigenvalue weighted by Crippen LogP contribution is 2.32. The Hall–Kier alpha value is -4.33. The van der Waals surface area contributed by atoms with Crippen LogP contribution in [0.3, 0.4) is 0 Å². The van der Waals surface area contributed by atoms with Crippen molar-refractivity contribution in [3.8, 4) is 0 Å². The normalized spacial score (nSPS) is 18.7. The summed E-state index contributed by atoms with van der Waals surface area (Å²) in [6, 6.07) is 17.8. The van der Waals surface area contributed by atoms with Gasteiger partial charge in [-0.15, -0.1) is 0 Å². The Kier molecular flexibility index (Phi) is 5.63. The zero-order valence-corrected chi connectivity index (χ0v) is 18.9. The second-order valence-electron chi connectivity index (χ2n) is 8.45. The lowest BCUT2D eigenvalue weighted by Crippen LogP contribution is -2.37. The highest BCUT2D eigenvalue weighted by molar-refractivity contribution is 6.14. The van der Waals surface area contributed by atoms with Crippen LogP contribution in [0.15, 0.2) is 94.4 Å². The first-order valence-corrected chi connectivity index (χ1v) is 11.3. The van der Waals surface area contributed by atoms with Crippen LogP contribution in [0.2, 0.25) is 0 Å². The fraction of sp³-hybridized carbons (Fsp3) is 0.192. The van der Waals surface area contributed by atoms with Crippen molar-refractivity contribution in [2.75, 3.05) is 13.1 Å². The summed E-state index contributed by atoms with van der Waals surface area (Å²) in [4.78, 5) is 27.7. The third kappa shape index (κ3) is 3.94. The van der Waals surface area contributed by atoms with E-state index in [0.29, 0.717) is 24.6 Å². The van der Waals surface area contributed by atoms with E-state index >= 15 is 0 Å². The van der Waals surface area contributed by atoms with Gasteiger partial charge in [-0.05, 0) is 17.7 Å². The fourth-order valence-corrected chi connectivity index (χ4v) is 4.50. The molecule has 1 saturated heterocycles. The number of allylic oxidation sites excluding steroid dienone is 1. The summed E-state index contributed by atoms with van der Waals surface area (Å²) in [6.45, 7) is 2.79. The number of nitrogens with one attached hydrogen (secondary N) is 2. The topological polar surface area (TPSA) is 125 Å². The molecule has 0 spiro atoms. The van der Waals surface area contributed by atoms with Crippen molar-refractivity contribution >= 4 is 28.5 Å². The third-order valence-electron chi connectivity index (χ3n) is 6.28. The van der Waals surface area contributed by atoms with Crippen molar-refractivity contribution < 1.29 is 4.79 Å². The number of para-hydroxylation sites is 1. The molecule has 3 heterocycles. The minimum Gasteiger partial charge on any atom is -0.370 e. The van der Waals surface area contributed by atoms with Crippen LogP contribution in [0.25, 0.3) is 10.9 Å². The first-order chi connectivity index (χ1) is 16.5. The lowest BCUT2D eigenvalue weighted by molar-refractivity contribution is -0.127. The van der Waals surface area contributed by atoms with E-state index in [1.54, 1.807) is 4.90 Å². The highest BCUT2D eigenvalue weighted by atomic mass is 16.2. The van der Waals surface area contributed by atoms with Crippen LogP contribution in [0.4, 0.5) is 0 Å². The van der Waals surface area contributed by atoms with E-state index in [4.69, 9.17) is 16.5 Å². The molecule has 1 fully saturated rings. The van der Waals surface area contributed by atoms with Gasteiger partial charge in [0.2, 0.25) is 0 Å². The van der Waals surface area contributed by atoms with Gasteiger partial charge >= 0.3 is 0 Å². The monoisotopic (exact) mass is 453 g/mol. The van der Waals surface area contributed by atoms with Crippen molar-refractivity contribution in [3.63, 3.8) is 0 Å². The van der Waals surface area contributed by atoms with Gasteiger partial charge in [0.15, 0.2) is 5.96 Å². The van der Waals surface area contributed by atoms with Gasteiger partial charge < -0.3 is 21.8 Å². The molecule has 0 radical (unpaired) electrons. The van der Waals surface area contributed by atoms with Crippen molar-refractivity contribution in [3.05, 3.63) is 95.6 Å². The molecule has 172 valence electrons. The standard InChI is InChI=1S/C26H27N7O/c1-16(17-8-3-2-4-9-17)23-25(34)33-15-22(19-14-30-20-11-6-5-10-18(19)20)31-21(24(33)32-23)12-7-13-29-26(27)28/h2-12,14,16,23,30,32H,13,15H2,1H3,(H4,27,28,29). The van der Waals surface area contributed by atoms with E-state index in [2.05, 4.69) is 40.4 Å². The molecule has 5 rings (SSSR count). The largest absolute Gasteiger partial charge is 0.370 e. The van der Waals surface area contributed by atoms with E-state index in [0.717, 1.165) is 27.7 Å². The number of nitrogens with zero attached hydrogens (tertiary/aromatic N) is 3. The molecule has 2 aliphatic rings. The Morgan fingerprint density at radius 2 is 1.97 bits per heavy atom. The number of carbonyl (C=O) groups is 1. The molecule has 34 heavy (non-hydrogen) atoms. The number of rotatable bonds is 6. The van der Waals surface area contributed by atoms with E-state index in [9.17, 15) is 4.79 Å². The van der Waals surface area contributed by atoms with Gasteiger partial charge in [0.1, 0.15) is 17.6 Å². The van der Waals surface area contributed by atoms with Gasteiger partial charge in [-0.25, -0.2) is 9.98 Å². The number of nitrogens with two attached hydrogens (primary N) is 2. The predicted molar refractivity (Wildman–Crippen MR) is 135 cm³/mol. The Morgan fingerprint density at radius 1 is 1.21 bits per heavy atom. The van der Waals surface area contributed by atoms with Crippen LogP contribution in [-0.2, 0) is 4.79 Å². The summed E-state index contributed by atoms with van der Waals surface area (Å²) in [5.74, 6) is 0.771. The molecule has 1 amide bonds. The number of H-pyrrole nitrogens is 1. The molecule has 2 aliphatic heterocycles. The molecule has 0 saturated carbocycles. The zero-order chi connectivity index (χ0) is 23.7. The van der Waals surface area contributed by atoms with Crippen LogP contribution >= 0.6 is 0 Å². The number of carbonyl (C=O) groups excluding carboxylic acids is 1. The molecule has 1 aromatic heterocycles. The van der Waals surface area contributed by atoms with Crippen LogP contribution in [0, 0.1) is 0 Å². The maximum absolute atomic E-state index is 13.6. The second kappa shape index (κ2) is 8.90. The Bertz CT molecular complexity index is 1350. The zero-order valence-electron chi connectivity index (χ0n) is 18.9. The molecular weight excluding hydrogens is 426 g/mol. The summed E-state index contributed by atoms with van der Waals surface area (Å²) in [5, 5.41) is 4.52. The number of aromatic amines is 1. The maximum Gasteiger partial charge on any atom is 0.251 e. The van der Waals surface area contributed by atoms with Gasteiger partial charge in [-0.2, -0.15) is 0 Å². The predicted octanol–water partition coefficient (Wildman–Crippen LogP) is 2.57. The number of guanidine groups is 1. The second-order valence-corrected chi connectivity index (χ2v) is 8.45. The quantitative estimate of drug-likeness (QED) is 0.338. The SMILES string of the molecule is CC(c1ccccc1)C1NC2=C(C=CCN=C(N)N)N=C(c3c[nH]c4ccccc34)CN2C1=O. The molecule has 2 atom stereocenters. The summed E-state index contributed by atoms with van der Waals surface area (Å²) in [5.41, 5.74) is 15.5. The summed E-state index contributed by atoms with van der Waals surface area (Å²) >= 11 is 0. The van der Waals surface area contributed by atoms with E-state index in [1.807, 2.05) is 54.7 Å².